The summed E-state index contributed by atoms with van der Waals surface area (Å²) in [6.45, 7) is 0. The van der Waals surface area contributed by atoms with Crippen molar-refractivity contribution in [3.05, 3.63) is 0 Å². The summed E-state index contributed by atoms with van der Waals surface area (Å²) < 4.78 is 5.28. The Labute approximate surface area is 55.6 Å². The molecule has 2 heterocycles. The molecule has 0 aromatic rings. The van der Waals surface area contributed by atoms with E-state index in [-0.39, 0.29) is 0 Å². The smallest absolute Gasteiger partial charge is 0.0739 e. The molecule has 2 saturated heterocycles. The molecule has 2 aliphatic rings. The van der Waals surface area contributed by atoms with E-state index in [0.717, 1.165) is 6.04 Å². The Morgan fingerprint density at radius 1 is 1.44 bits per heavy atom. The molecule has 2 aliphatic heterocycles. The quantitative estimate of drug-likeness (QED) is 0.554. The number of methoxy groups -OCH3 is 1. The van der Waals surface area contributed by atoms with Crippen LogP contribution in [0.5, 0.6) is 0 Å². The van der Waals surface area contributed by atoms with E-state index in [4.69, 9.17) is 4.74 Å². The van der Waals surface area contributed by atoms with Gasteiger partial charge in [-0.05, 0) is 19.3 Å². The Bertz CT molecular complexity index is 115. The molecule has 9 heavy (non-hydrogen) atoms. The molecule has 52 valence electrons. The van der Waals surface area contributed by atoms with E-state index < -0.39 is 0 Å². The molecule has 2 rings (SSSR count). The van der Waals surface area contributed by atoms with Crippen LogP contribution in [0, 0.1) is 0 Å². The van der Waals surface area contributed by atoms with Gasteiger partial charge in [-0.25, -0.2) is 0 Å². The molecule has 0 saturated carbocycles. The number of fused-ring (bicyclic) bond motifs is 2. The molecule has 0 spiro atoms. The number of hydrogen-bond acceptors (Lipinski definition) is 2. The second-order valence-electron chi connectivity index (χ2n) is 3.06. The summed E-state index contributed by atoms with van der Waals surface area (Å²) in [6, 6.07) is 1.46. The molecule has 2 bridgehead atoms. The zero-order valence-electron chi connectivity index (χ0n) is 5.76. The van der Waals surface area contributed by atoms with Gasteiger partial charge in [-0.1, -0.05) is 0 Å². The van der Waals surface area contributed by atoms with Gasteiger partial charge in [-0.15, -0.1) is 0 Å². The minimum absolute atomic E-state index is 0.517. The van der Waals surface area contributed by atoms with E-state index >= 15 is 0 Å². The molecule has 3 atom stereocenters. The lowest BCUT2D eigenvalue weighted by molar-refractivity contribution is 0.0819. The third kappa shape index (κ3) is 0.775. The fraction of sp³-hybridized carbons (Fsp3) is 1.00. The second-order valence-corrected chi connectivity index (χ2v) is 3.06. The Morgan fingerprint density at radius 3 is 2.67 bits per heavy atom. The molecule has 2 nitrogen and oxygen atoms in total. The fourth-order valence-corrected chi connectivity index (χ4v) is 2.03. The normalized spacial score (nSPS) is 48.3. The summed E-state index contributed by atoms with van der Waals surface area (Å²) in [5.74, 6) is 0. The van der Waals surface area contributed by atoms with Crippen molar-refractivity contribution in [1.29, 1.82) is 0 Å². The van der Waals surface area contributed by atoms with Gasteiger partial charge in [-0.2, -0.15) is 0 Å². The predicted molar refractivity (Wildman–Crippen MR) is 35.4 cm³/mol. The van der Waals surface area contributed by atoms with E-state index in [1.54, 1.807) is 0 Å². The van der Waals surface area contributed by atoms with Crippen LogP contribution in [0.3, 0.4) is 0 Å². The van der Waals surface area contributed by atoms with Gasteiger partial charge < -0.3 is 10.1 Å². The highest BCUT2D eigenvalue weighted by molar-refractivity contribution is 4.98. The van der Waals surface area contributed by atoms with Crippen molar-refractivity contribution in [2.75, 3.05) is 7.11 Å². The van der Waals surface area contributed by atoms with Gasteiger partial charge in [0, 0.05) is 19.2 Å². The SMILES string of the molecule is CO[C@H]1CC2CCC1N2. The maximum absolute atomic E-state index is 5.28. The first-order valence-electron chi connectivity index (χ1n) is 3.69. The maximum atomic E-state index is 5.28. The standard InChI is InChI=1S/C7H13NO/c1-9-7-4-5-2-3-6(7)8-5/h5-8H,2-4H2,1H3/t5?,6?,7-/m0/s1. The Kier molecular flexibility index (Phi) is 1.24. The maximum Gasteiger partial charge on any atom is 0.0739 e. The lowest BCUT2D eigenvalue weighted by atomic mass is 9.98. The molecule has 1 N–H and O–H groups in total. The molecule has 2 fully saturated rings. The topological polar surface area (TPSA) is 21.3 Å². The van der Waals surface area contributed by atoms with E-state index in [1.807, 2.05) is 7.11 Å². The van der Waals surface area contributed by atoms with Crippen molar-refractivity contribution >= 4 is 0 Å². The fourth-order valence-electron chi connectivity index (χ4n) is 2.03. The van der Waals surface area contributed by atoms with E-state index in [9.17, 15) is 0 Å². The van der Waals surface area contributed by atoms with Crippen molar-refractivity contribution in [3.63, 3.8) is 0 Å². The number of ether oxygens (including phenoxy) is 1. The third-order valence-electron chi connectivity index (χ3n) is 2.54. The molecule has 0 amide bonds. The van der Waals surface area contributed by atoms with Crippen LogP contribution in [-0.2, 0) is 4.74 Å². The Morgan fingerprint density at radius 2 is 2.33 bits per heavy atom. The zero-order valence-corrected chi connectivity index (χ0v) is 5.76. The number of nitrogens with one attached hydrogen (secondary N) is 1. The lowest BCUT2D eigenvalue weighted by Crippen LogP contribution is -2.27. The second kappa shape index (κ2) is 1.96. The van der Waals surface area contributed by atoms with Crippen LogP contribution in [0.2, 0.25) is 0 Å². The van der Waals surface area contributed by atoms with Gasteiger partial charge in [0.1, 0.15) is 0 Å². The highest BCUT2D eigenvalue weighted by Gasteiger charge is 2.38. The molecule has 0 radical (unpaired) electrons. The first-order chi connectivity index (χ1) is 4.40. The van der Waals surface area contributed by atoms with E-state index in [0.29, 0.717) is 12.1 Å². The monoisotopic (exact) mass is 127 g/mol. The first kappa shape index (κ1) is 5.69. The molecule has 0 aromatic carbocycles. The van der Waals surface area contributed by atoms with Crippen LogP contribution in [0.4, 0.5) is 0 Å². The van der Waals surface area contributed by atoms with Gasteiger partial charge in [0.25, 0.3) is 0 Å². The average molecular weight is 127 g/mol. The minimum atomic E-state index is 0.517. The van der Waals surface area contributed by atoms with Crippen LogP contribution in [-0.4, -0.2) is 25.3 Å². The van der Waals surface area contributed by atoms with Crippen molar-refractivity contribution in [2.24, 2.45) is 0 Å². The number of hydrogen-bond donors (Lipinski definition) is 1. The van der Waals surface area contributed by atoms with Gasteiger partial charge in [0.05, 0.1) is 6.10 Å². The molecular formula is C7H13NO. The summed E-state index contributed by atoms with van der Waals surface area (Å²) in [5, 5.41) is 3.50. The van der Waals surface area contributed by atoms with Crippen LogP contribution in [0.15, 0.2) is 0 Å². The van der Waals surface area contributed by atoms with Gasteiger partial charge in [-0.3, -0.25) is 0 Å². The Hall–Kier alpha value is -0.0800. The first-order valence-corrected chi connectivity index (χ1v) is 3.69. The molecule has 2 heteroatoms. The minimum Gasteiger partial charge on any atom is -0.380 e. The summed E-state index contributed by atoms with van der Waals surface area (Å²) >= 11 is 0. The van der Waals surface area contributed by atoms with Crippen LogP contribution in [0.1, 0.15) is 19.3 Å². The van der Waals surface area contributed by atoms with E-state index in [2.05, 4.69) is 5.32 Å². The van der Waals surface area contributed by atoms with Crippen LogP contribution >= 0.6 is 0 Å². The predicted octanol–water partition coefficient (Wildman–Crippen LogP) is 0.526. The van der Waals surface area contributed by atoms with Crippen LogP contribution in [0.25, 0.3) is 0 Å². The highest BCUT2D eigenvalue weighted by atomic mass is 16.5. The van der Waals surface area contributed by atoms with Gasteiger partial charge >= 0.3 is 0 Å². The molecule has 2 unspecified atom stereocenters. The van der Waals surface area contributed by atoms with Gasteiger partial charge in [0.15, 0.2) is 0 Å². The third-order valence-corrected chi connectivity index (χ3v) is 2.54. The zero-order chi connectivity index (χ0) is 6.27. The molecular weight excluding hydrogens is 114 g/mol. The van der Waals surface area contributed by atoms with Crippen molar-refractivity contribution < 1.29 is 4.74 Å². The van der Waals surface area contributed by atoms with Gasteiger partial charge in [0.2, 0.25) is 0 Å². The Balaban J connectivity index is 2.01. The summed E-state index contributed by atoms with van der Waals surface area (Å²) in [7, 11) is 1.81. The lowest BCUT2D eigenvalue weighted by Gasteiger charge is -2.17. The number of rotatable bonds is 1. The van der Waals surface area contributed by atoms with Crippen molar-refractivity contribution in [1.82, 2.24) is 5.32 Å². The van der Waals surface area contributed by atoms with E-state index in [1.165, 1.54) is 19.3 Å². The van der Waals surface area contributed by atoms with Crippen LogP contribution < -0.4 is 5.32 Å². The van der Waals surface area contributed by atoms with Crippen molar-refractivity contribution in [2.45, 2.75) is 37.5 Å². The van der Waals surface area contributed by atoms with Crippen molar-refractivity contribution in [3.8, 4) is 0 Å². The molecule has 0 aromatic heterocycles. The summed E-state index contributed by atoms with van der Waals surface area (Å²) in [4.78, 5) is 0. The summed E-state index contributed by atoms with van der Waals surface area (Å²) in [6.07, 6.45) is 4.44. The molecule has 0 aliphatic carbocycles. The largest absolute Gasteiger partial charge is 0.380 e. The summed E-state index contributed by atoms with van der Waals surface area (Å²) in [5.41, 5.74) is 0. The highest BCUT2D eigenvalue weighted by Crippen LogP contribution is 2.29. The average Bonchev–Trinajstić information content (AvgIpc) is 2.45.